The zero-order valence-corrected chi connectivity index (χ0v) is 19.8. The summed E-state index contributed by atoms with van der Waals surface area (Å²) in [6, 6.07) is 12.2. The van der Waals surface area contributed by atoms with E-state index in [4.69, 9.17) is 4.74 Å². The van der Waals surface area contributed by atoms with E-state index in [2.05, 4.69) is 45.7 Å². The van der Waals surface area contributed by atoms with E-state index in [1.807, 2.05) is 32.0 Å². The fourth-order valence-electron chi connectivity index (χ4n) is 4.64. The van der Waals surface area contributed by atoms with E-state index < -0.39 is 11.8 Å². The second kappa shape index (κ2) is 10.4. The molecule has 0 radical (unpaired) electrons. The molecule has 176 valence electrons. The maximum absolute atomic E-state index is 12.6. The lowest BCUT2D eigenvalue weighted by Crippen LogP contribution is -2.45. The van der Waals surface area contributed by atoms with Gasteiger partial charge >= 0.3 is 11.8 Å². The Morgan fingerprint density at radius 1 is 1.00 bits per heavy atom. The summed E-state index contributed by atoms with van der Waals surface area (Å²) >= 11 is 0. The molecule has 2 heterocycles. The molecule has 33 heavy (non-hydrogen) atoms. The first-order valence-corrected chi connectivity index (χ1v) is 11.7. The van der Waals surface area contributed by atoms with E-state index in [0.717, 1.165) is 43.6 Å². The molecule has 2 amide bonds. The number of rotatable bonds is 5. The number of hydrogen-bond acceptors (Lipinski definition) is 5. The molecule has 0 unspecified atom stereocenters. The Morgan fingerprint density at radius 3 is 2.55 bits per heavy atom. The summed E-state index contributed by atoms with van der Waals surface area (Å²) in [5, 5.41) is 5.58. The quantitative estimate of drug-likeness (QED) is 0.686. The number of anilines is 2. The zero-order valence-electron chi connectivity index (χ0n) is 19.8. The van der Waals surface area contributed by atoms with Crippen LogP contribution in [0.3, 0.4) is 0 Å². The topological polar surface area (TPSA) is 73.9 Å². The molecule has 1 fully saturated rings. The van der Waals surface area contributed by atoms with E-state index in [-0.39, 0.29) is 6.04 Å². The van der Waals surface area contributed by atoms with Crippen molar-refractivity contribution in [3.63, 3.8) is 0 Å². The summed E-state index contributed by atoms with van der Waals surface area (Å²) in [4.78, 5) is 29.7. The van der Waals surface area contributed by atoms with Gasteiger partial charge in [-0.1, -0.05) is 18.2 Å². The van der Waals surface area contributed by atoms with E-state index in [1.165, 1.54) is 16.8 Å². The van der Waals surface area contributed by atoms with Crippen molar-refractivity contribution in [3.05, 3.63) is 58.7 Å². The second-order valence-electron chi connectivity index (χ2n) is 9.04. The van der Waals surface area contributed by atoms with Crippen LogP contribution in [0.4, 0.5) is 11.4 Å². The largest absolute Gasteiger partial charge is 0.379 e. The number of fused-ring (bicyclic) bond motifs is 1. The average molecular weight is 451 g/mol. The van der Waals surface area contributed by atoms with E-state index in [9.17, 15) is 9.59 Å². The van der Waals surface area contributed by atoms with Crippen LogP contribution in [0, 0.1) is 13.8 Å². The normalized spacial score (nSPS) is 17.2. The van der Waals surface area contributed by atoms with Gasteiger partial charge < -0.3 is 20.3 Å². The van der Waals surface area contributed by atoms with Gasteiger partial charge in [0.05, 0.1) is 19.3 Å². The molecule has 0 aromatic heterocycles. The van der Waals surface area contributed by atoms with Gasteiger partial charge in [0, 0.05) is 44.6 Å². The smallest absolute Gasteiger partial charge is 0.313 e. The van der Waals surface area contributed by atoms with Crippen LogP contribution in [0.5, 0.6) is 0 Å². The van der Waals surface area contributed by atoms with Crippen LogP contribution in [0.25, 0.3) is 0 Å². The van der Waals surface area contributed by atoms with E-state index >= 15 is 0 Å². The minimum atomic E-state index is -0.647. The number of ether oxygens (including phenoxy) is 1. The van der Waals surface area contributed by atoms with Gasteiger partial charge in [-0.2, -0.15) is 0 Å². The lowest BCUT2D eigenvalue weighted by atomic mass is 9.95. The molecule has 2 aliphatic rings. The van der Waals surface area contributed by atoms with Crippen molar-refractivity contribution in [1.82, 2.24) is 10.2 Å². The molecule has 1 atom stereocenters. The summed E-state index contributed by atoms with van der Waals surface area (Å²) in [6.07, 6.45) is 2.21. The van der Waals surface area contributed by atoms with Crippen molar-refractivity contribution in [2.45, 2.75) is 32.7 Å². The average Bonchev–Trinajstić information content (AvgIpc) is 2.82. The minimum absolute atomic E-state index is 0.00944. The van der Waals surface area contributed by atoms with Crippen LogP contribution in [0.2, 0.25) is 0 Å². The Balaban J connectivity index is 1.46. The lowest BCUT2D eigenvalue weighted by molar-refractivity contribution is -0.136. The van der Waals surface area contributed by atoms with Gasteiger partial charge in [-0.15, -0.1) is 0 Å². The number of aryl methyl sites for hydroxylation is 3. The fourth-order valence-corrected chi connectivity index (χ4v) is 4.64. The Kier molecular flexibility index (Phi) is 7.30. The van der Waals surface area contributed by atoms with Gasteiger partial charge in [0.15, 0.2) is 0 Å². The van der Waals surface area contributed by atoms with Gasteiger partial charge in [-0.05, 0) is 67.1 Å². The molecule has 2 aliphatic heterocycles. The predicted molar refractivity (Wildman–Crippen MR) is 131 cm³/mol. The van der Waals surface area contributed by atoms with Crippen molar-refractivity contribution >= 4 is 23.2 Å². The third-order valence-electron chi connectivity index (χ3n) is 6.75. The zero-order chi connectivity index (χ0) is 23.4. The molecule has 0 spiro atoms. The summed E-state index contributed by atoms with van der Waals surface area (Å²) in [6.45, 7) is 8.38. The SMILES string of the molecule is Cc1ccc(NC(=O)C(=O)NC[C@@H](c2ccc3c(c2)CCCN3C)N2CCOCC2)cc1C. The van der Waals surface area contributed by atoms with Crippen LogP contribution in [-0.2, 0) is 20.7 Å². The molecule has 2 aromatic carbocycles. The number of amides is 2. The standard InChI is InChI=1S/C26H34N4O3/c1-18-6-8-22(15-19(18)2)28-26(32)25(31)27-17-24(30-11-13-33-14-12-30)21-7-9-23-20(16-21)5-4-10-29(23)3/h6-9,15-16,24H,4-5,10-14,17H2,1-3H3,(H,27,31)(H,28,32)/t24-/m0/s1. The first-order chi connectivity index (χ1) is 15.9. The summed E-state index contributed by atoms with van der Waals surface area (Å²) in [5.41, 5.74) is 6.63. The fraction of sp³-hybridized carbons (Fsp3) is 0.462. The van der Waals surface area contributed by atoms with E-state index in [0.29, 0.717) is 25.4 Å². The van der Waals surface area contributed by atoms with Crippen LogP contribution in [0.1, 0.15) is 34.7 Å². The highest BCUT2D eigenvalue weighted by Gasteiger charge is 2.26. The molecule has 7 nitrogen and oxygen atoms in total. The highest BCUT2D eigenvalue weighted by Crippen LogP contribution is 2.31. The summed E-state index contributed by atoms with van der Waals surface area (Å²) in [7, 11) is 2.13. The first kappa shape index (κ1) is 23.3. The third kappa shape index (κ3) is 5.54. The number of hydrogen-bond donors (Lipinski definition) is 2. The maximum atomic E-state index is 12.6. The molecular formula is C26H34N4O3. The Morgan fingerprint density at radius 2 is 1.79 bits per heavy atom. The molecule has 2 aromatic rings. The molecule has 0 saturated carbocycles. The number of nitrogens with zero attached hydrogens (tertiary/aromatic N) is 2. The minimum Gasteiger partial charge on any atom is -0.379 e. The van der Waals surface area contributed by atoms with Gasteiger partial charge in [-0.25, -0.2) is 0 Å². The van der Waals surface area contributed by atoms with Crippen LogP contribution >= 0.6 is 0 Å². The van der Waals surface area contributed by atoms with Crippen molar-refractivity contribution in [1.29, 1.82) is 0 Å². The highest BCUT2D eigenvalue weighted by molar-refractivity contribution is 6.39. The molecule has 0 aliphatic carbocycles. The number of carbonyl (C=O) groups excluding carboxylic acids is 2. The molecular weight excluding hydrogens is 416 g/mol. The Hall–Kier alpha value is -2.90. The Bertz CT molecular complexity index is 1020. The molecule has 7 heteroatoms. The van der Waals surface area contributed by atoms with Crippen molar-refractivity contribution < 1.29 is 14.3 Å². The van der Waals surface area contributed by atoms with Crippen molar-refractivity contribution in [2.75, 3.05) is 56.7 Å². The second-order valence-corrected chi connectivity index (χ2v) is 9.04. The molecule has 4 rings (SSSR count). The molecule has 2 N–H and O–H groups in total. The van der Waals surface area contributed by atoms with Crippen LogP contribution < -0.4 is 15.5 Å². The summed E-state index contributed by atoms with van der Waals surface area (Å²) in [5.74, 6) is -1.27. The lowest BCUT2D eigenvalue weighted by Gasteiger charge is -2.36. The monoisotopic (exact) mass is 450 g/mol. The number of morpholine rings is 1. The first-order valence-electron chi connectivity index (χ1n) is 11.7. The van der Waals surface area contributed by atoms with Crippen LogP contribution in [-0.4, -0.2) is 63.2 Å². The third-order valence-corrected chi connectivity index (χ3v) is 6.75. The summed E-state index contributed by atoms with van der Waals surface area (Å²) < 4.78 is 5.54. The van der Waals surface area contributed by atoms with E-state index in [1.54, 1.807) is 0 Å². The number of carbonyl (C=O) groups is 2. The van der Waals surface area contributed by atoms with Gasteiger partial charge in [0.1, 0.15) is 0 Å². The van der Waals surface area contributed by atoms with Gasteiger partial charge in [-0.3, -0.25) is 14.5 Å². The predicted octanol–water partition coefficient (Wildman–Crippen LogP) is 2.81. The molecule has 0 bridgehead atoms. The number of nitrogens with one attached hydrogen (secondary N) is 2. The molecule has 1 saturated heterocycles. The van der Waals surface area contributed by atoms with Crippen LogP contribution in [0.15, 0.2) is 36.4 Å². The maximum Gasteiger partial charge on any atom is 0.313 e. The number of benzene rings is 2. The van der Waals surface area contributed by atoms with Gasteiger partial charge in [0.25, 0.3) is 0 Å². The van der Waals surface area contributed by atoms with Crippen molar-refractivity contribution in [3.8, 4) is 0 Å². The van der Waals surface area contributed by atoms with Gasteiger partial charge in [0.2, 0.25) is 0 Å². The van der Waals surface area contributed by atoms with Crippen molar-refractivity contribution in [2.24, 2.45) is 0 Å². The highest BCUT2D eigenvalue weighted by atomic mass is 16.5. The Labute approximate surface area is 196 Å².